The van der Waals surface area contributed by atoms with E-state index in [0.717, 1.165) is 38.0 Å². The van der Waals surface area contributed by atoms with Gasteiger partial charge in [-0.05, 0) is 58.3 Å². The minimum absolute atomic E-state index is 0.0706. The van der Waals surface area contributed by atoms with E-state index in [1.807, 2.05) is 23.1 Å². The van der Waals surface area contributed by atoms with Crippen LogP contribution in [-0.2, 0) is 17.8 Å². The first-order valence-electron chi connectivity index (χ1n) is 9.70. The molecule has 8 heteroatoms. The van der Waals surface area contributed by atoms with Crippen LogP contribution in [0.25, 0.3) is 0 Å². The first kappa shape index (κ1) is 20.4. The molecule has 3 rings (SSSR count). The molecule has 1 aliphatic heterocycles. The monoisotopic (exact) mass is 391 g/mol. The van der Waals surface area contributed by atoms with Crippen molar-refractivity contribution in [2.45, 2.75) is 58.7 Å². The molecule has 2 aromatic heterocycles. The van der Waals surface area contributed by atoms with Gasteiger partial charge in [0, 0.05) is 23.5 Å². The van der Waals surface area contributed by atoms with Crippen molar-refractivity contribution in [1.29, 1.82) is 0 Å². The molecule has 1 N–H and O–H groups in total. The zero-order chi connectivity index (χ0) is 20.1. The van der Waals surface area contributed by atoms with E-state index in [9.17, 15) is 13.6 Å². The molecule has 1 unspecified atom stereocenters. The van der Waals surface area contributed by atoms with Crippen molar-refractivity contribution in [2.24, 2.45) is 0 Å². The predicted octanol–water partition coefficient (Wildman–Crippen LogP) is 3.00. The molecule has 1 fully saturated rings. The van der Waals surface area contributed by atoms with Gasteiger partial charge in [0.2, 0.25) is 5.91 Å². The molecule has 6 nitrogen and oxygen atoms in total. The third kappa shape index (κ3) is 4.73. The molecular formula is C20H27F2N5O. The summed E-state index contributed by atoms with van der Waals surface area (Å²) in [5.74, 6) is -0.0717. The number of pyridine rings is 1. The van der Waals surface area contributed by atoms with Crippen LogP contribution >= 0.6 is 0 Å². The number of hydrogen-bond donors (Lipinski definition) is 1. The zero-order valence-electron chi connectivity index (χ0n) is 16.4. The van der Waals surface area contributed by atoms with Crippen LogP contribution in [0.1, 0.15) is 48.5 Å². The molecule has 2 aromatic rings. The van der Waals surface area contributed by atoms with Crippen molar-refractivity contribution < 1.29 is 13.6 Å². The quantitative estimate of drug-likeness (QED) is 0.822. The van der Waals surface area contributed by atoms with Crippen LogP contribution < -0.4 is 5.32 Å². The van der Waals surface area contributed by atoms with E-state index in [0.29, 0.717) is 28.2 Å². The molecule has 1 amide bonds. The van der Waals surface area contributed by atoms with Gasteiger partial charge >= 0.3 is 6.55 Å². The van der Waals surface area contributed by atoms with Gasteiger partial charge in [-0.1, -0.05) is 6.07 Å². The van der Waals surface area contributed by atoms with E-state index in [-0.39, 0.29) is 18.4 Å². The Morgan fingerprint density at radius 3 is 2.82 bits per heavy atom. The SMILES string of the molecule is Cc1nn(C(F)F)c(C)c1CC(=O)N(Cc1ccccn1)C1CCCNCC1. The maximum absolute atomic E-state index is 13.3. The van der Waals surface area contributed by atoms with Gasteiger partial charge in [0.15, 0.2) is 0 Å². The van der Waals surface area contributed by atoms with Gasteiger partial charge in [-0.3, -0.25) is 9.78 Å². The molecule has 1 atom stereocenters. The fraction of sp³-hybridized carbons (Fsp3) is 0.550. The number of alkyl halides is 2. The third-order valence-electron chi connectivity index (χ3n) is 5.35. The van der Waals surface area contributed by atoms with Crippen molar-refractivity contribution in [3.8, 4) is 0 Å². The lowest BCUT2D eigenvalue weighted by atomic mass is 10.0. The van der Waals surface area contributed by atoms with Crippen LogP contribution in [0.3, 0.4) is 0 Å². The predicted molar refractivity (Wildman–Crippen MR) is 102 cm³/mol. The first-order chi connectivity index (χ1) is 13.5. The summed E-state index contributed by atoms with van der Waals surface area (Å²) in [5, 5.41) is 7.28. The van der Waals surface area contributed by atoms with Gasteiger partial charge in [0.25, 0.3) is 0 Å². The number of nitrogens with one attached hydrogen (secondary N) is 1. The minimum atomic E-state index is -2.71. The Kier molecular flexibility index (Phi) is 6.72. The fourth-order valence-corrected chi connectivity index (χ4v) is 3.80. The Balaban J connectivity index is 1.83. The summed E-state index contributed by atoms with van der Waals surface area (Å²) < 4.78 is 27.0. The van der Waals surface area contributed by atoms with Crippen LogP contribution in [0, 0.1) is 13.8 Å². The maximum Gasteiger partial charge on any atom is 0.333 e. The number of hydrogen-bond acceptors (Lipinski definition) is 4. The lowest BCUT2D eigenvalue weighted by Gasteiger charge is -2.31. The Morgan fingerprint density at radius 1 is 1.32 bits per heavy atom. The number of carbonyl (C=O) groups excluding carboxylic acids is 1. The van der Waals surface area contributed by atoms with Crippen LogP contribution in [0.2, 0.25) is 0 Å². The van der Waals surface area contributed by atoms with Crippen molar-refractivity contribution in [3.05, 3.63) is 47.0 Å². The molecule has 0 bridgehead atoms. The number of nitrogens with zero attached hydrogens (tertiary/aromatic N) is 4. The smallest absolute Gasteiger partial charge is 0.333 e. The van der Waals surface area contributed by atoms with E-state index in [1.165, 1.54) is 0 Å². The second-order valence-corrected chi connectivity index (χ2v) is 7.23. The highest BCUT2D eigenvalue weighted by molar-refractivity contribution is 5.79. The Labute approximate surface area is 163 Å². The van der Waals surface area contributed by atoms with Crippen molar-refractivity contribution in [3.63, 3.8) is 0 Å². The molecular weight excluding hydrogens is 364 g/mol. The molecule has 152 valence electrons. The van der Waals surface area contributed by atoms with Gasteiger partial charge in [-0.15, -0.1) is 0 Å². The highest BCUT2D eigenvalue weighted by atomic mass is 19.3. The van der Waals surface area contributed by atoms with Gasteiger partial charge < -0.3 is 10.2 Å². The Hall–Kier alpha value is -2.35. The standard InChI is InChI=1S/C20H27F2N5O/c1-14-18(15(2)27(25-14)20(21)22)12-19(28)26(13-16-6-3-4-10-24-16)17-7-5-9-23-11-8-17/h3-4,6,10,17,20,23H,5,7-9,11-13H2,1-2H3. The van der Waals surface area contributed by atoms with E-state index < -0.39 is 6.55 Å². The highest BCUT2D eigenvalue weighted by Gasteiger charge is 2.27. The molecule has 1 aliphatic rings. The minimum Gasteiger partial charge on any atom is -0.333 e. The van der Waals surface area contributed by atoms with E-state index in [2.05, 4.69) is 15.4 Å². The molecule has 0 saturated carbocycles. The molecule has 1 saturated heterocycles. The lowest BCUT2D eigenvalue weighted by molar-refractivity contribution is -0.133. The average Bonchev–Trinajstić information content (AvgIpc) is 2.86. The Morgan fingerprint density at radius 2 is 2.14 bits per heavy atom. The number of aromatic nitrogens is 3. The topological polar surface area (TPSA) is 63.1 Å². The summed E-state index contributed by atoms with van der Waals surface area (Å²) in [7, 11) is 0. The average molecular weight is 391 g/mol. The summed E-state index contributed by atoms with van der Waals surface area (Å²) in [5.41, 5.74) is 2.24. The van der Waals surface area contributed by atoms with E-state index >= 15 is 0 Å². The van der Waals surface area contributed by atoms with Crippen LogP contribution in [0.15, 0.2) is 24.4 Å². The first-order valence-corrected chi connectivity index (χ1v) is 9.70. The molecule has 3 heterocycles. The van der Waals surface area contributed by atoms with Crippen LogP contribution in [-0.4, -0.2) is 44.7 Å². The third-order valence-corrected chi connectivity index (χ3v) is 5.35. The normalized spacial score (nSPS) is 17.5. The van der Waals surface area contributed by atoms with Crippen molar-refractivity contribution in [2.75, 3.05) is 13.1 Å². The van der Waals surface area contributed by atoms with Crippen molar-refractivity contribution >= 4 is 5.91 Å². The molecule has 0 radical (unpaired) electrons. The molecule has 0 aromatic carbocycles. The van der Waals surface area contributed by atoms with Crippen LogP contribution in [0.5, 0.6) is 0 Å². The zero-order valence-corrected chi connectivity index (χ0v) is 16.4. The van der Waals surface area contributed by atoms with Gasteiger partial charge in [-0.25, -0.2) is 4.68 Å². The largest absolute Gasteiger partial charge is 0.333 e. The molecule has 28 heavy (non-hydrogen) atoms. The highest BCUT2D eigenvalue weighted by Crippen LogP contribution is 2.23. The number of rotatable bonds is 6. The molecule has 0 spiro atoms. The second-order valence-electron chi connectivity index (χ2n) is 7.23. The summed E-state index contributed by atoms with van der Waals surface area (Å²) in [6.45, 7) is 2.78. The van der Waals surface area contributed by atoms with E-state index in [4.69, 9.17) is 0 Å². The number of carbonyl (C=O) groups is 1. The number of amides is 1. The number of halogens is 2. The lowest BCUT2D eigenvalue weighted by Crippen LogP contribution is -2.41. The van der Waals surface area contributed by atoms with Crippen molar-refractivity contribution in [1.82, 2.24) is 25.0 Å². The van der Waals surface area contributed by atoms with Crippen LogP contribution in [0.4, 0.5) is 8.78 Å². The van der Waals surface area contributed by atoms with Gasteiger partial charge in [0.05, 0.1) is 24.4 Å². The summed E-state index contributed by atoms with van der Waals surface area (Å²) >= 11 is 0. The van der Waals surface area contributed by atoms with E-state index in [1.54, 1.807) is 20.0 Å². The summed E-state index contributed by atoms with van der Waals surface area (Å²) in [6, 6.07) is 5.76. The van der Waals surface area contributed by atoms with Gasteiger partial charge in [-0.2, -0.15) is 13.9 Å². The second kappa shape index (κ2) is 9.23. The molecule has 0 aliphatic carbocycles. The summed E-state index contributed by atoms with van der Waals surface area (Å²) in [6.07, 6.45) is 4.57. The fourth-order valence-electron chi connectivity index (χ4n) is 3.80. The summed E-state index contributed by atoms with van der Waals surface area (Å²) in [4.78, 5) is 19.5. The number of aryl methyl sites for hydroxylation is 1. The maximum atomic E-state index is 13.3. The Bertz CT molecular complexity index is 785. The van der Waals surface area contributed by atoms with Gasteiger partial charge in [0.1, 0.15) is 0 Å².